The quantitative estimate of drug-likeness (QED) is 0.374. The molecule has 7 heteroatoms. The molecule has 0 bridgehead atoms. The highest BCUT2D eigenvalue weighted by molar-refractivity contribution is 14.0. The molecule has 0 aliphatic carbocycles. The Morgan fingerprint density at radius 1 is 1.03 bits per heavy atom. The van der Waals surface area contributed by atoms with Crippen LogP contribution in [0.2, 0.25) is 0 Å². The Labute approximate surface area is 197 Å². The van der Waals surface area contributed by atoms with Crippen molar-refractivity contribution >= 4 is 41.5 Å². The summed E-state index contributed by atoms with van der Waals surface area (Å²) in [5.74, 6) is 0.977. The van der Waals surface area contributed by atoms with Gasteiger partial charge in [0.05, 0.1) is 0 Å². The Hall–Kier alpha value is -2.29. The van der Waals surface area contributed by atoms with Gasteiger partial charge in [0.2, 0.25) is 0 Å². The lowest BCUT2D eigenvalue weighted by Crippen LogP contribution is -2.52. The van der Waals surface area contributed by atoms with Gasteiger partial charge in [-0.15, -0.1) is 24.0 Å². The lowest BCUT2D eigenvalue weighted by molar-refractivity contribution is 0.0827. The maximum absolute atomic E-state index is 12.1. The molecule has 0 aromatic heterocycles. The third-order valence-electron chi connectivity index (χ3n) is 5.19. The molecule has 0 atom stereocenters. The molecule has 162 valence electrons. The number of piperazine rings is 1. The van der Waals surface area contributed by atoms with E-state index in [9.17, 15) is 4.79 Å². The molecule has 1 saturated heterocycles. The van der Waals surface area contributed by atoms with E-state index in [-0.39, 0.29) is 29.9 Å². The van der Waals surface area contributed by atoms with E-state index >= 15 is 0 Å². The van der Waals surface area contributed by atoms with Crippen molar-refractivity contribution in [2.45, 2.75) is 6.42 Å². The van der Waals surface area contributed by atoms with Gasteiger partial charge in [0.1, 0.15) is 0 Å². The number of guanidine groups is 1. The van der Waals surface area contributed by atoms with Crippen molar-refractivity contribution < 1.29 is 4.79 Å². The minimum Gasteiger partial charge on any atom is -0.368 e. The van der Waals surface area contributed by atoms with Gasteiger partial charge in [0.15, 0.2) is 5.96 Å². The molecule has 1 aliphatic rings. The van der Waals surface area contributed by atoms with Crippen LogP contribution in [0, 0.1) is 0 Å². The Morgan fingerprint density at radius 2 is 1.73 bits per heavy atom. The van der Waals surface area contributed by atoms with Gasteiger partial charge in [-0.25, -0.2) is 0 Å². The van der Waals surface area contributed by atoms with Gasteiger partial charge in [-0.05, 0) is 36.2 Å². The molecule has 1 fully saturated rings. The van der Waals surface area contributed by atoms with E-state index in [1.165, 1.54) is 5.69 Å². The number of nitrogens with one attached hydrogen (secondary N) is 1. The largest absolute Gasteiger partial charge is 0.368 e. The van der Waals surface area contributed by atoms with E-state index in [2.05, 4.69) is 56.5 Å². The number of hydrogen-bond donors (Lipinski definition) is 1. The first-order valence-corrected chi connectivity index (χ1v) is 10.1. The Balaban J connectivity index is 0.00000320. The second-order valence-corrected chi connectivity index (χ2v) is 7.43. The molecule has 1 N–H and O–H groups in total. The van der Waals surface area contributed by atoms with Crippen LogP contribution < -0.4 is 10.2 Å². The van der Waals surface area contributed by atoms with Crippen molar-refractivity contribution in [3.8, 4) is 0 Å². The number of para-hydroxylation sites is 1. The third-order valence-corrected chi connectivity index (χ3v) is 5.19. The number of carbonyl (C=O) groups is 1. The average molecular weight is 521 g/mol. The molecule has 0 unspecified atom stereocenters. The lowest BCUT2D eigenvalue weighted by atomic mass is 10.1. The van der Waals surface area contributed by atoms with Crippen LogP contribution in [-0.4, -0.2) is 75.5 Å². The first-order chi connectivity index (χ1) is 14.1. The van der Waals surface area contributed by atoms with Crippen molar-refractivity contribution in [2.24, 2.45) is 4.99 Å². The molecule has 6 nitrogen and oxygen atoms in total. The number of halogens is 1. The topological polar surface area (TPSA) is 51.2 Å². The minimum atomic E-state index is 0. The second-order valence-electron chi connectivity index (χ2n) is 7.43. The van der Waals surface area contributed by atoms with Gasteiger partial charge in [0, 0.05) is 65.1 Å². The summed E-state index contributed by atoms with van der Waals surface area (Å²) in [4.78, 5) is 22.9. The van der Waals surface area contributed by atoms with E-state index < -0.39 is 0 Å². The third kappa shape index (κ3) is 6.35. The molecule has 1 aliphatic heterocycles. The standard InChI is InChI=1S/C23H31N5O.HI/c1-24-23(28-16-14-27(15-17-28)21-10-5-4-6-11-21)25-13-12-19-8-7-9-20(18-19)22(29)26(2)3;/h4-11,18H,12-17H2,1-3H3,(H,24,25);1H. The number of carbonyl (C=O) groups excluding carboxylic acids is 1. The first-order valence-electron chi connectivity index (χ1n) is 10.1. The first kappa shape index (κ1) is 24.0. The molecule has 0 saturated carbocycles. The number of benzene rings is 2. The van der Waals surface area contributed by atoms with Crippen molar-refractivity contribution in [3.63, 3.8) is 0 Å². The van der Waals surface area contributed by atoms with E-state index in [4.69, 9.17) is 0 Å². The smallest absolute Gasteiger partial charge is 0.253 e. The van der Waals surface area contributed by atoms with Gasteiger partial charge >= 0.3 is 0 Å². The maximum atomic E-state index is 12.1. The van der Waals surface area contributed by atoms with Crippen molar-refractivity contribution in [1.82, 2.24) is 15.1 Å². The number of amides is 1. The molecule has 30 heavy (non-hydrogen) atoms. The predicted octanol–water partition coefficient (Wildman–Crippen LogP) is 2.95. The molecule has 0 radical (unpaired) electrons. The molecular weight excluding hydrogens is 489 g/mol. The highest BCUT2D eigenvalue weighted by atomic mass is 127. The Kier molecular flexibility index (Phi) is 9.42. The van der Waals surface area contributed by atoms with E-state index in [0.29, 0.717) is 0 Å². The van der Waals surface area contributed by atoms with Crippen LogP contribution in [0.1, 0.15) is 15.9 Å². The zero-order valence-electron chi connectivity index (χ0n) is 18.0. The Bertz CT molecular complexity index is 832. The highest BCUT2D eigenvalue weighted by Crippen LogP contribution is 2.15. The van der Waals surface area contributed by atoms with Crippen LogP contribution in [-0.2, 0) is 6.42 Å². The zero-order chi connectivity index (χ0) is 20.6. The fraction of sp³-hybridized carbons (Fsp3) is 0.391. The van der Waals surface area contributed by atoms with Crippen LogP contribution in [0.3, 0.4) is 0 Å². The number of anilines is 1. The summed E-state index contributed by atoms with van der Waals surface area (Å²) in [5, 5.41) is 3.48. The second kappa shape index (κ2) is 11.8. The van der Waals surface area contributed by atoms with Gasteiger partial charge < -0.3 is 20.0 Å². The fourth-order valence-electron chi connectivity index (χ4n) is 3.58. The summed E-state index contributed by atoms with van der Waals surface area (Å²) in [5.41, 5.74) is 3.16. The number of rotatable bonds is 5. The summed E-state index contributed by atoms with van der Waals surface area (Å²) >= 11 is 0. The number of hydrogen-bond acceptors (Lipinski definition) is 3. The number of nitrogens with zero attached hydrogens (tertiary/aromatic N) is 4. The molecule has 0 spiro atoms. The SMILES string of the molecule is CN=C(NCCc1cccc(C(=O)N(C)C)c1)N1CCN(c2ccccc2)CC1.I. The lowest BCUT2D eigenvalue weighted by Gasteiger charge is -2.37. The molecule has 1 heterocycles. The van der Waals surface area contributed by atoms with Crippen LogP contribution >= 0.6 is 24.0 Å². The molecular formula is C23H32IN5O. The molecule has 1 amide bonds. The van der Waals surface area contributed by atoms with Crippen molar-refractivity contribution in [3.05, 3.63) is 65.7 Å². The molecule has 3 rings (SSSR count). The zero-order valence-corrected chi connectivity index (χ0v) is 20.4. The summed E-state index contributed by atoms with van der Waals surface area (Å²) in [6, 6.07) is 18.4. The van der Waals surface area contributed by atoms with Gasteiger partial charge in [-0.3, -0.25) is 9.79 Å². The van der Waals surface area contributed by atoms with E-state index in [1.54, 1.807) is 19.0 Å². The normalized spacial score (nSPS) is 14.2. The predicted molar refractivity (Wildman–Crippen MR) is 135 cm³/mol. The molecule has 2 aromatic rings. The molecule has 2 aromatic carbocycles. The Morgan fingerprint density at radius 3 is 2.37 bits per heavy atom. The van der Waals surface area contributed by atoms with Gasteiger partial charge in [0.25, 0.3) is 5.91 Å². The summed E-state index contributed by atoms with van der Waals surface area (Å²) < 4.78 is 0. The minimum absolute atomic E-state index is 0. The van der Waals surface area contributed by atoms with Crippen molar-refractivity contribution in [1.29, 1.82) is 0 Å². The summed E-state index contributed by atoms with van der Waals surface area (Å²) in [6.07, 6.45) is 0.845. The highest BCUT2D eigenvalue weighted by Gasteiger charge is 2.19. The number of aliphatic imine (C=N–C) groups is 1. The van der Waals surface area contributed by atoms with Crippen LogP contribution in [0.15, 0.2) is 59.6 Å². The van der Waals surface area contributed by atoms with Crippen LogP contribution in [0.5, 0.6) is 0 Å². The van der Waals surface area contributed by atoms with Crippen LogP contribution in [0.4, 0.5) is 5.69 Å². The summed E-state index contributed by atoms with van der Waals surface area (Å²) in [6.45, 7) is 4.65. The van der Waals surface area contributed by atoms with E-state index in [0.717, 1.165) is 56.2 Å². The van der Waals surface area contributed by atoms with Gasteiger partial charge in [-0.2, -0.15) is 0 Å². The maximum Gasteiger partial charge on any atom is 0.253 e. The monoisotopic (exact) mass is 521 g/mol. The van der Waals surface area contributed by atoms with Crippen LogP contribution in [0.25, 0.3) is 0 Å². The fourth-order valence-corrected chi connectivity index (χ4v) is 3.58. The van der Waals surface area contributed by atoms with Crippen molar-refractivity contribution in [2.75, 3.05) is 58.8 Å². The summed E-state index contributed by atoms with van der Waals surface area (Å²) in [7, 11) is 5.39. The van der Waals surface area contributed by atoms with Gasteiger partial charge in [-0.1, -0.05) is 30.3 Å². The van der Waals surface area contributed by atoms with E-state index in [1.807, 2.05) is 25.2 Å². The average Bonchev–Trinajstić information content (AvgIpc) is 2.77.